The van der Waals surface area contributed by atoms with Gasteiger partial charge in [-0.15, -0.1) is 0 Å². The minimum absolute atomic E-state index is 0.0206. The van der Waals surface area contributed by atoms with Gasteiger partial charge in [-0.05, 0) is 53.6 Å². The molecule has 0 aliphatic rings. The van der Waals surface area contributed by atoms with Crippen molar-refractivity contribution in [2.24, 2.45) is 40.0 Å². The van der Waals surface area contributed by atoms with Crippen molar-refractivity contribution < 1.29 is 0 Å². The zero-order valence-corrected chi connectivity index (χ0v) is 17.9. The van der Waals surface area contributed by atoms with Crippen LogP contribution in [0.15, 0.2) is 76.8 Å². The van der Waals surface area contributed by atoms with Gasteiger partial charge in [-0.2, -0.15) is 0 Å². The maximum Gasteiger partial charge on any atom is 0.191 e. The summed E-state index contributed by atoms with van der Waals surface area (Å²) in [5.74, 6) is 0.902. The molecule has 0 amide bonds. The number of rotatable bonds is 4. The molecule has 0 spiro atoms. The van der Waals surface area contributed by atoms with E-state index in [4.69, 9.17) is 27.9 Å². The first kappa shape index (κ1) is 20.1. The molecule has 33 heavy (non-hydrogen) atoms. The number of aryl methyl sites for hydroxylation is 1. The van der Waals surface area contributed by atoms with E-state index in [1.165, 1.54) is 0 Å². The number of hydrogen-bond donors (Lipinski definition) is 5. The lowest BCUT2D eigenvalue weighted by atomic mass is 10.0. The molecule has 0 fully saturated rings. The highest BCUT2D eigenvalue weighted by Gasteiger charge is 2.15. The zero-order valence-electron chi connectivity index (χ0n) is 17.9. The quantitative estimate of drug-likeness (QED) is 0.215. The maximum absolute atomic E-state index is 5.53. The van der Waals surface area contributed by atoms with Gasteiger partial charge in [0.2, 0.25) is 0 Å². The molecule has 0 saturated carbocycles. The summed E-state index contributed by atoms with van der Waals surface area (Å²) in [6, 6.07) is 19.7. The molecular formula is C24H23N9. The van der Waals surface area contributed by atoms with Crippen LogP contribution in [0.5, 0.6) is 0 Å². The van der Waals surface area contributed by atoms with Crippen LogP contribution < -0.4 is 22.9 Å². The summed E-state index contributed by atoms with van der Waals surface area (Å²) >= 11 is 0. The fourth-order valence-electron chi connectivity index (χ4n) is 4.00. The molecule has 0 atom stereocenters. The maximum atomic E-state index is 5.53. The van der Waals surface area contributed by atoms with Gasteiger partial charge >= 0.3 is 0 Å². The monoisotopic (exact) mass is 437 g/mol. The van der Waals surface area contributed by atoms with Crippen LogP contribution in [0.3, 0.4) is 0 Å². The van der Waals surface area contributed by atoms with Gasteiger partial charge in [-0.3, -0.25) is 0 Å². The largest absolute Gasteiger partial charge is 0.370 e. The molecule has 0 radical (unpaired) electrons. The lowest BCUT2D eigenvalue weighted by Gasteiger charge is -2.05. The number of imidazole rings is 1. The lowest BCUT2D eigenvalue weighted by molar-refractivity contribution is 0.961. The number of nitrogens with zero attached hydrogens (tertiary/aromatic N) is 4. The topological polar surface area (TPSA) is 162 Å². The molecular weight excluding hydrogens is 414 g/mol. The second-order valence-electron chi connectivity index (χ2n) is 7.75. The van der Waals surface area contributed by atoms with E-state index >= 15 is 0 Å². The van der Waals surface area contributed by atoms with E-state index in [1.807, 2.05) is 60.3 Å². The molecule has 5 aromatic rings. The Morgan fingerprint density at radius 3 is 2.21 bits per heavy atom. The highest BCUT2D eigenvalue weighted by atomic mass is 15.1. The van der Waals surface area contributed by atoms with Crippen LogP contribution in [-0.2, 0) is 7.05 Å². The number of hydrogen-bond acceptors (Lipinski definition) is 3. The summed E-state index contributed by atoms with van der Waals surface area (Å²) < 4.78 is 2.04. The van der Waals surface area contributed by atoms with Crippen molar-refractivity contribution in [1.82, 2.24) is 14.5 Å². The molecule has 9 heteroatoms. The SMILES string of the molecule is Cn1c(-c2c[nH]c3ccc(-c4ccc(N=C(N)N)cc4)cc23)nc2ccc(N=C(N)N)cc21. The van der Waals surface area contributed by atoms with E-state index in [0.717, 1.165) is 44.5 Å². The first-order valence-electron chi connectivity index (χ1n) is 10.3. The van der Waals surface area contributed by atoms with E-state index in [2.05, 4.69) is 33.2 Å². The van der Waals surface area contributed by atoms with Crippen LogP contribution in [0.1, 0.15) is 0 Å². The van der Waals surface area contributed by atoms with Crippen LogP contribution in [0.4, 0.5) is 11.4 Å². The van der Waals surface area contributed by atoms with Gasteiger partial charge in [-0.25, -0.2) is 15.0 Å². The number of fused-ring (bicyclic) bond motifs is 2. The summed E-state index contributed by atoms with van der Waals surface area (Å²) in [6.07, 6.45) is 1.98. The van der Waals surface area contributed by atoms with Crippen molar-refractivity contribution >= 4 is 45.2 Å². The van der Waals surface area contributed by atoms with Gasteiger partial charge in [0.25, 0.3) is 0 Å². The summed E-state index contributed by atoms with van der Waals surface area (Å²) in [6.45, 7) is 0. The molecule has 9 N–H and O–H groups in total. The number of aliphatic imine (C=N–C) groups is 2. The highest BCUT2D eigenvalue weighted by Crippen LogP contribution is 2.34. The molecule has 9 nitrogen and oxygen atoms in total. The minimum atomic E-state index is 0.0206. The Balaban J connectivity index is 1.59. The predicted molar refractivity (Wildman–Crippen MR) is 134 cm³/mol. The molecule has 164 valence electrons. The first-order chi connectivity index (χ1) is 15.9. The number of nitrogens with two attached hydrogens (primary N) is 4. The van der Waals surface area contributed by atoms with Crippen molar-refractivity contribution in [3.8, 4) is 22.5 Å². The zero-order chi connectivity index (χ0) is 23.1. The number of aromatic nitrogens is 3. The Kier molecular flexibility index (Phi) is 4.71. The van der Waals surface area contributed by atoms with Crippen molar-refractivity contribution in [3.63, 3.8) is 0 Å². The summed E-state index contributed by atoms with van der Waals surface area (Å²) in [7, 11) is 1.98. The van der Waals surface area contributed by atoms with Gasteiger partial charge in [0.15, 0.2) is 11.9 Å². The van der Waals surface area contributed by atoms with E-state index in [0.29, 0.717) is 11.4 Å². The fraction of sp³-hybridized carbons (Fsp3) is 0.0417. The molecule has 0 unspecified atom stereocenters. The average Bonchev–Trinajstić information content (AvgIpc) is 3.34. The second-order valence-corrected chi connectivity index (χ2v) is 7.75. The third-order valence-corrected chi connectivity index (χ3v) is 5.50. The number of H-pyrrole nitrogens is 1. The van der Waals surface area contributed by atoms with Gasteiger partial charge in [-0.1, -0.05) is 18.2 Å². The fourth-order valence-corrected chi connectivity index (χ4v) is 4.00. The second kappa shape index (κ2) is 7.72. The Morgan fingerprint density at radius 2 is 1.48 bits per heavy atom. The molecule has 2 heterocycles. The number of guanidine groups is 2. The van der Waals surface area contributed by atoms with Crippen molar-refractivity contribution in [2.45, 2.75) is 0 Å². The highest BCUT2D eigenvalue weighted by molar-refractivity contribution is 5.98. The van der Waals surface area contributed by atoms with Crippen LogP contribution >= 0.6 is 0 Å². The van der Waals surface area contributed by atoms with Gasteiger partial charge in [0.05, 0.1) is 22.4 Å². The van der Waals surface area contributed by atoms with Crippen LogP contribution in [-0.4, -0.2) is 26.5 Å². The van der Waals surface area contributed by atoms with E-state index in [-0.39, 0.29) is 11.9 Å². The molecule has 5 rings (SSSR count). The third kappa shape index (κ3) is 3.72. The average molecular weight is 438 g/mol. The molecule has 3 aromatic carbocycles. The van der Waals surface area contributed by atoms with Gasteiger partial charge < -0.3 is 32.5 Å². The molecule has 0 aliphatic heterocycles. The van der Waals surface area contributed by atoms with E-state index < -0.39 is 0 Å². The number of nitrogens with one attached hydrogen (secondary N) is 1. The van der Waals surface area contributed by atoms with Crippen LogP contribution in [0.25, 0.3) is 44.5 Å². The smallest absolute Gasteiger partial charge is 0.191 e. The molecule has 0 bridgehead atoms. The lowest BCUT2D eigenvalue weighted by Crippen LogP contribution is -2.21. The summed E-state index contributed by atoms with van der Waals surface area (Å²) in [4.78, 5) is 16.4. The van der Waals surface area contributed by atoms with E-state index in [9.17, 15) is 0 Å². The van der Waals surface area contributed by atoms with Crippen molar-refractivity contribution in [2.75, 3.05) is 0 Å². The molecule has 0 saturated heterocycles. The Hall–Kier alpha value is -4.79. The number of aromatic amines is 1. The van der Waals surface area contributed by atoms with E-state index in [1.54, 1.807) is 0 Å². The molecule has 0 aliphatic carbocycles. The van der Waals surface area contributed by atoms with Crippen molar-refractivity contribution in [3.05, 3.63) is 66.9 Å². The normalized spacial score (nSPS) is 11.1. The predicted octanol–water partition coefficient (Wildman–Crippen LogP) is 3.20. The van der Waals surface area contributed by atoms with Gasteiger partial charge in [0, 0.05) is 29.7 Å². The van der Waals surface area contributed by atoms with Crippen molar-refractivity contribution in [1.29, 1.82) is 0 Å². The summed E-state index contributed by atoms with van der Waals surface area (Å²) in [5.41, 5.74) is 29.3. The third-order valence-electron chi connectivity index (χ3n) is 5.50. The Labute approximate surface area is 189 Å². The Morgan fingerprint density at radius 1 is 0.818 bits per heavy atom. The number of benzene rings is 3. The summed E-state index contributed by atoms with van der Waals surface area (Å²) in [5, 5.41) is 1.07. The molecule has 2 aromatic heterocycles. The standard InChI is InChI=1S/C24H23N9/c1-33-21-11-16(31-24(27)28)7-9-20(21)32-22(33)18-12-29-19-8-4-14(10-17(18)19)13-2-5-15(6-3-13)30-23(25)26/h2-12,29H,1H3,(H4,25,26,30)(H4,27,28,31). The van der Waals surface area contributed by atoms with Crippen LogP contribution in [0.2, 0.25) is 0 Å². The van der Waals surface area contributed by atoms with Gasteiger partial charge in [0.1, 0.15) is 5.82 Å². The first-order valence-corrected chi connectivity index (χ1v) is 10.3. The minimum Gasteiger partial charge on any atom is -0.370 e. The van der Waals surface area contributed by atoms with Crippen LogP contribution in [0, 0.1) is 0 Å². The Bertz CT molecular complexity index is 1540.